The van der Waals surface area contributed by atoms with Gasteiger partial charge in [0.05, 0.1) is 18.3 Å². The van der Waals surface area contributed by atoms with E-state index in [1.54, 1.807) is 0 Å². The standard InChI is InChI=1S/C15H22N8/c1-11-4-7-14(18-17-11)22-8-2-3-12(10-22)16-9-15-19-20-21-23(15)13-5-6-13/h4,7,12-13,16H,2-3,5-6,8-10H2,1H3/t12-/m0/s1. The van der Waals surface area contributed by atoms with Gasteiger partial charge in [0, 0.05) is 19.1 Å². The number of piperidine rings is 1. The summed E-state index contributed by atoms with van der Waals surface area (Å²) in [5.74, 6) is 1.91. The second-order valence-corrected chi connectivity index (χ2v) is 6.47. The number of hydrogen-bond acceptors (Lipinski definition) is 7. The van der Waals surface area contributed by atoms with Crippen molar-refractivity contribution in [2.75, 3.05) is 18.0 Å². The molecule has 0 radical (unpaired) electrons. The summed E-state index contributed by atoms with van der Waals surface area (Å²) in [6.45, 7) is 4.67. The fourth-order valence-electron chi connectivity index (χ4n) is 3.08. The van der Waals surface area contributed by atoms with Crippen LogP contribution in [-0.4, -0.2) is 49.5 Å². The van der Waals surface area contributed by atoms with E-state index < -0.39 is 0 Å². The lowest BCUT2D eigenvalue weighted by molar-refractivity contribution is 0.408. The van der Waals surface area contributed by atoms with Crippen molar-refractivity contribution in [1.29, 1.82) is 0 Å². The molecule has 0 unspecified atom stereocenters. The van der Waals surface area contributed by atoms with Crippen LogP contribution in [0.5, 0.6) is 0 Å². The first-order chi connectivity index (χ1) is 11.3. The fourth-order valence-corrected chi connectivity index (χ4v) is 3.08. The van der Waals surface area contributed by atoms with Crippen molar-refractivity contribution in [2.45, 2.75) is 51.2 Å². The van der Waals surface area contributed by atoms with Crippen molar-refractivity contribution < 1.29 is 0 Å². The summed E-state index contributed by atoms with van der Waals surface area (Å²) in [6.07, 6.45) is 4.71. The van der Waals surface area contributed by atoms with Crippen LogP contribution in [0.4, 0.5) is 5.82 Å². The predicted molar refractivity (Wildman–Crippen MR) is 84.9 cm³/mol. The van der Waals surface area contributed by atoms with E-state index in [0.717, 1.165) is 43.4 Å². The third-order valence-corrected chi connectivity index (χ3v) is 4.53. The molecule has 1 saturated heterocycles. The fraction of sp³-hybridized carbons (Fsp3) is 0.667. The SMILES string of the molecule is Cc1ccc(N2CCC[C@H](NCc3nnnn3C3CC3)C2)nn1. The van der Waals surface area contributed by atoms with Gasteiger partial charge < -0.3 is 10.2 Å². The Kier molecular flexibility index (Phi) is 3.90. The number of anilines is 1. The van der Waals surface area contributed by atoms with Crippen LogP contribution in [0.1, 0.15) is 43.2 Å². The third kappa shape index (κ3) is 3.31. The van der Waals surface area contributed by atoms with Gasteiger partial charge >= 0.3 is 0 Å². The Balaban J connectivity index is 1.35. The number of nitrogens with one attached hydrogen (secondary N) is 1. The predicted octanol–water partition coefficient (Wildman–Crippen LogP) is 0.865. The largest absolute Gasteiger partial charge is 0.354 e. The molecule has 0 spiro atoms. The van der Waals surface area contributed by atoms with Crippen LogP contribution in [0.15, 0.2) is 12.1 Å². The molecule has 2 aromatic heterocycles. The van der Waals surface area contributed by atoms with Crippen molar-refractivity contribution in [3.8, 4) is 0 Å². The average Bonchev–Trinajstić information content (AvgIpc) is 3.32. The summed E-state index contributed by atoms with van der Waals surface area (Å²) >= 11 is 0. The molecule has 1 aliphatic carbocycles. The highest BCUT2D eigenvalue weighted by Gasteiger charge is 2.28. The first kappa shape index (κ1) is 14.5. The Morgan fingerprint density at radius 3 is 2.87 bits per heavy atom. The monoisotopic (exact) mass is 314 g/mol. The normalized spacial score (nSPS) is 21.6. The molecule has 1 aliphatic heterocycles. The van der Waals surface area contributed by atoms with Crippen molar-refractivity contribution >= 4 is 5.82 Å². The van der Waals surface area contributed by atoms with Crippen LogP contribution in [0, 0.1) is 6.92 Å². The second-order valence-electron chi connectivity index (χ2n) is 6.47. The summed E-state index contributed by atoms with van der Waals surface area (Å²) in [6, 6.07) is 5.02. The highest BCUT2D eigenvalue weighted by atomic mass is 15.6. The zero-order valence-electron chi connectivity index (χ0n) is 13.4. The second kappa shape index (κ2) is 6.19. The van der Waals surface area contributed by atoms with Gasteiger partial charge in [-0.15, -0.1) is 10.2 Å². The molecule has 122 valence electrons. The van der Waals surface area contributed by atoms with Gasteiger partial charge in [-0.3, -0.25) is 0 Å². The summed E-state index contributed by atoms with van der Waals surface area (Å²) in [5, 5.41) is 24.1. The molecule has 2 aromatic rings. The van der Waals surface area contributed by atoms with E-state index in [1.807, 2.05) is 17.7 Å². The molecule has 2 fully saturated rings. The summed E-state index contributed by atoms with van der Waals surface area (Å²) in [5.41, 5.74) is 0.951. The molecule has 4 rings (SSSR count). The lowest BCUT2D eigenvalue weighted by Crippen LogP contribution is -2.46. The topological polar surface area (TPSA) is 84.6 Å². The van der Waals surface area contributed by atoms with Crippen molar-refractivity contribution in [2.24, 2.45) is 0 Å². The third-order valence-electron chi connectivity index (χ3n) is 4.53. The van der Waals surface area contributed by atoms with Crippen LogP contribution in [0.2, 0.25) is 0 Å². The van der Waals surface area contributed by atoms with Gasteiger partial charge in [0.25, 0.3) is 0 Å². The molecule has 8 nitrogen and oxygen atoms in total. The van der Waals surface area contributed by atoms with Gasteiger partial charge in [-0.25, -0.2) is 4.68 Å². The number of nitrogens with zero attached hydrogens (tertiary/aromatic N) is 7. The van der Waals surface area contributed by atoms with Crippen LogP contribution in [0.3, 0.4) is 0 Å². The lowest BCUT2D eigenvalue weighted by Gasteiger charge is -2.33. The van der Waals surface area contributed by atoms with E-state index in [9.17, 15) is 0 Å². The van der Waals surface area contributed by atoms with Crippen LogP contribution >= 0.6 is 0 Å². The minimum absolute atomic E-state index is 0.427. The Bertz CT molecular complexity index is 648. The van der Waals surface area contributed by atoms with E-state index in [1.165, 1.54) is 19.3 Å². The van der Waals surface area contributed by atoms with Crippen molar-refractivity contribution in [3.63, 3.8) is 0 Å². The molecule has 23 heavy (non-hydrogen) atoms. The molecule has 1 atom stereocenters. The Labute approximate surface area is 135 Å². The average molecular weight is 314 g/mol. The molecule has 0 aromatic carbocycles. The van der Waals surface area contributed by atoms with Crippen molar-refractivity contribution in [1.82, 2.24) is 35.7 Å². The number of tetrazole rings is 1. The molecule has 0 amide bonds. The number of hydrogen-bond donors (Lipinski definition) is 1. The first-order valence-corrected chi connectivity index (χ1v) is 8.35. The zero-order valence-corrected chi connectivity index (χ0v) is 13.4. The van der Waals surface area contributed by atoms with Crippen LogP contribution in [0.25, 0.3) is 0 Å². The maximum Gasteiger partial charge on any atom is 0.165 e. The van der Waals surface area contributed by atoms with Crippen molar-refractivity contribution in [3.05, 3.63) is 23.7 Å². The Morgan fingerprint density at radius 1 is 1.17 bits per heavy atom. The highest BCUT2D eigenvalue weighted by Crippen LogP contribution is 2.34. The van der Waals surface area contributed by atoms with E-state index in [2.05, 4.69) is 42.0 Å². The van der Waals surface area contributed by atoms with Gasteiger partial charge in [0.2, 0.25) is 0 Å². The lowest BCUT2D eigenvalue weighted by atomic mass is 10.1. The molecule has 1 saturated carbocycles. The number of rotatable bonds is 5. The maximum atomic E-state index is 4.30. The van der Waals surface area contributed by atoms with E-state index in [-0.39, 0.29) is 0 Å². The van der Waals surface area contributed by atoms with Crippen LogP contribution < -0.4 is 10.2 Å². The molecular weight excluding hydrogens is 292 g/mol. The van der Waals surface area contributed by atoms with E-state index in [0.29, 0.717) is 12.1 Å². The van der Waals surface area contributed by atoms with Gasteiger partial charge in [0.15, 0.2) is 11.6 Å². The number of aryl methyl sites for hydroxylation is 1. The maximum absolute atomic E-state index is 4.30. The molecular formula is C15H22N8. The van der Waals surface area contributed by atoms with Gasteiger partial charge in [-0.05, 0) is 55.2 Å². The zero-order chi connectivity index (χ0) is 15.6. The van der Waals surface area contributed by atoms with E-state index >= 15 is 0 Å². The number of aromatic nitrogens is 6. The summed E-state index contributed by atoms with van der Waals surface area (Å²) in [4.78, 5) is 2.30. The highest BCUT2D eigenvalue weighted by molar-refractivity contribution is 5.38. The molecule has 8 heteroatoms. The first-order valence-electron chi connectivity index (χ1n) is 8.35. The van der Waals surface area contributed by atoms with Gasteiger partial charge in [-0.2, -0.15) is 5.10 Å². The van der Waals surface area contributed by atoms with Gasteiger partial charge in [-0.1, -0.05) is 0 Å². The molecule has 2 aliphatic rings. The quantitative estimate of drug-likeness (QED) is 0.876. The summed E-state index contributed by atoms with van der Waals surface area (Å²) in [7, 11) is 0. The van der Waals surface area contributed by atoms with E-state index in [4.69, 9.17) is 0 Å². The Morgan fingerprint density at radius 2 is 2.09 bits per heavy atom. The Hall–Kier alpha value is -2.09. The minimum atomic E-state index is 0.427. The van der Waals surface area contributed by atoms with Gasteiger partial charge in [0.1, 0.15) is 0 Å². The molecule has 1 N–H and O–H groups in total. The smallest absolute Gasteiger partial charge is 0.165 e. The molecule has 3 heterocycles. The minimum Gasteiger partial charge on any atom is -0.354 e. The molecule has 0 bridgehead atoms. The van der Waals surface area contributed by atoms with Crippen LogP contribution in [-0.2, 0) is 6.54 Å². The summed E-state index contributed by atoms with van der Waals surface area (Å²) < 4.78 is 1.97.